The van der Waals surface area contributed by atoms with Gasteiger partial charge in [-0.15, -0.1) is 0 Å². The average molecular weight is 140 g/mol. The Kier molecular flexibility index (Phi) is 1.15. The Labute approximate surface area is 60.2 Å². The molecule has 2 bridgehead atoms. The molecule has 2 aliphatic carbocycles. The molecule has 56 valence electrons. The summed E-state index contributed by atoms with van der Waals surface area (Å²) in [7, 11) is 0. The standard InChI is InChI=1S/C8H12O2/c9-7-2-1-6-3-4-8(7,10)5-6/h6,10H,1-5H2. The van der Waals surface area contributed by atoms with Crippen LogP contribution in [0.15, 0.2) is 0 Å². The van der Waals surface area contributed by atoms with E-state index in [2.05, 4.69) is 0 Å². The lowest BCUT2D eigenvalue weighted by Crippen LogP contribution is -2.38. The van der Waals surface area contributed by atoms with Crippen molar-refractivity contribution in [3.05, 3.63) is 0 Å². The van der Waals surface area contributed by atoms with Crippen LogP contribution in [-0.2, 0) is 4.79 Å². The Morgan fingerprint density at radius 3 is 3.00 bits per heavy atom. The van der Waals surface area contributed by atoms with E-state index in [1.807, 2.05) is 0 Å². The number of fused-ring (bicyclic) bond motifs is 2. The van der Waals surface area contributed by atoms with Crippen molar-refractivity contribution in [2.75, 3.05) is 0 Å². The first-order valence-corrected chi connectivity index (χ1v) is 3.96. The summed E-state index contributed by atoms with van der Waals surface area (Å²) in [5.41, 5.74) is -0.886. The average Bonchev–Trinajstić information content (AvgIpc) is 2.22. The molecular weight excluding hydrogens is 128 g/mol. The van der Waals surface area contributed by atoms with Crippen LogP contribution < -0.4 is 0 Å². The van der Waals surface area contributed by atoms with Gasteiger partial charge in [0, 0.05) is 6.42 Å². The van der Waals surface area contributed by atoms with E-state index in [0.717, 1.165) is 25.7 Å². The fourth-order valence-electron chi connectivity index (χ4n) is 2.19. The summed E-state index contributed by atoms with van der Waals surface area (Å²) in [5, 5.41) is 9.64. The lowest BCUT2D eigenvalue weighted by atomic mass is 9.85. The highest BCUT2D eigenvalue weighted by molar-refractivity contribution is 5.88. The lowest BCUT2D eigenvalue weighted by molar-refractivity contribution is -0.139. The van der Waals surface area contributed by atoms with Gasteiger partial charge >= 0.3 is 0 Å². The van der Waals surface area contributed by atoms with Crippen molar-refractivity contribution < 1.29 is 9.90 Å². The molecule has 0 radical (unpaired) electrons. The Morgan fingerprint density at radius 1 is 1.50 bits per heavy atom. The first-order chi connectivity index (χ1) is 4.71. The molecule has 2 saturated carbocycles. The maximum absolute atomic E-state index is 11.1. The number of ketones is 1. The molecule has 0 aliphatic heterocycles. The number of carbonyl (C=O) groups excluding carboxylic acids is 1. The molecule has 2 aliphatic rings. The molecule has 2 rings (SSSR count). The van der Waals surface area contributed by atoms with Gasteiger partial charge in [-0.25, -0.2) is 0 Å². The monoisotopic (exact) mass is 140 g/mol. The molecule has 0 spiro atoms. The Morgan fingerprint density at radius 2 is 2.30 bits per heavy atom. The number of hydrogen-bond acceptors (Lipinski definition) is 2. The van der Waals surface area contributed by atoms with Crippen LogP contribution in [0.25, 0.3) is 0 Å². The molecule has 0 aromatic rings. The van der Waals surface area contributed by atoms with Crippen LogP contribution in [0.4, 0.5) is 0 Å². The van der Waals surface area contributed by atoms with Crippen LogP contribution >= 0.6 is 0 Å². The summed E-state index contributed by atoms with van der Waals surface area (Å²) >= 11 is 0. The van der Waals surface area contributed by atoms with E-state index in [9.17, 15) is 9.90 Å². The fourth-order valence-corrected chi connectivity index (χ4v) is 2.19. The van der Waals surface area contributed by atoms with E-state index in [1.54, 1.807) is 0 Å². The third kappa shape index (κ3) is 0.717. The van der Waals surface area contributed by atoms with Crippen LogP contribution in [0, 0.1) is 5.92 Å². The second kappa shape index (κ2) is 1.82. The third-order valence-corrected chi connectivity index (χ3v) is 2.89. The minimum atomic E-state index is -0.886. The van der Waals surface area contributed by atoms with Crippen molar-refractivity contribution in [2.24, 2.45) is 5.92 Å². The maximum Gasteiger partial charge on any atom is 0.164 e. The Balaban J connectivity index is 2.25. The van der Waals surface area contributed by atoms with Crippen LogP contribution in [-0.4, -0.2) is 16.5 Å². The quantitative estimate of drug-likeness (QED) is 0.542. The molecule has 10 heavy (non-hydrogen) atoms. The van der Waals surface area contributed by atoms with Gasteiger partial charge in [-0.3, -0.25) is 4.79 Å². The minimum absolute atomic E-state index is 0.0845. The van der Waals surface area contributed by atoms with Crippen molar-refractivity contribution in [2.45, 2.75) is 37.7 Å². The van der Waals surface area contributed by atoms with Crippen molar-refractivity contribution in [3.8, 4) is 0 Å². The second-order valence-electron chi connectivity index (χ2n) is 3.60. The summed E-state index contributed by atoms with van der Waals surface area (Å²) in [6.45, 7) is 0. The zero-order valence-corrected chi connectivity index (χ0v) is 5.97. The molecule has 2 heteroatoms. The fraction of sp³-hybridized carbons (Fsp3) is 0.875. The van der Waals surface area contributed by atoms with Gasteiger partial charge in [0.25, 0.3) is 0 Å². The van der Waals surface area contributed by atoms with Gasteiger partial charge in [0.2, 0.25) is 0 Å². The molecule has 2 unspecified atom stereocenters. The molecule has 0 aromatic heterocycles. The molecule has 0 heterocycles. The lowest BCUT2D eigenvalue weighted by Gasteiger charge is -2.25. The van der Waals surface area contributed by atoms with Gasteiger partial charge in [0.1, 0.15) is 5.60 Å². The number of Topliss-reactive ketones (excluding diaryl/α,β-unsaturated/α-hetero) is 1. The van der Waals surface area contributed by atoms with Gasteiger partial charge in [-0.1, -0.05) is 0 Å². The normalized spacial score (nSPS) is 46.1. The highest BCUT2D eigenvalue weighted by Crippen LogP contribution is 2.42. The molecule has 0 aromatic carbocycles. The molecule has 1 N–H and O–H groups in total. The van der Waals surface area contributed by atoms with Crippen LogP contribution in [0.2, 0.25) is 0 Å². The van der Waals surface area contributed by atoms with Crippen molar-refractivity contribution >= 4 is 5.78 Å². The third-order valence-electron chi connectivity index (χ3n) is 2.89. The van der Waals surface area contributed by atoms with Crippen LogP contribution in [0.5, 0.6) is 0 Å². The topological polar surface area (TPSA) is 37.3 Å². The van der Waals surface area contributed by atoms with Crippen LogP contribution in [0.3, 0.4) is 0 Å². The zero-order chi connectivity index (χ0) is 7.19. The zero-order valence-electron chi connectivity index (χ0n) is 5.97. The molecule has 2 fully saturated rings. The first kappa shape index (κ1) is 6.35. The highest BCUT2D eigenvalue weighted by atomic mass is 16.3. The number of carbonyl (C=O) groups is 1. The maximum atomic E-state index is 11.1. The van der Waals surface area contributed by atoms with Crippen molar-refractivity contribution in [1.82, 2.24) is 0 Å². The summed E-state index contributed by atoms with van der Waals surface area (Å²) in [5.74, 6) is 0.726. The summed E-state index contributed by atoms with van der Waals surface area (Å²) in [6.07, 6.45) is 4.15. The smallest absolute Gasteiger partial charge is 0.164 e. The first-order valence-electron chi connectivity index (χ1n) is 3.96. The van der Waals surface area contributed by atoms with Gasteiger partial charge in [0.15, 0.2) is 5.78 Å². The Bertz CT molecular complexity index is 176. The predicted molar refractivity (Wildman–Crippen MR) is 36.5 cm³/mol. The highest BCUT2D eigenvalue weighted by Gasteiger charge is 2.46. The molecule has 0 saturated heterocycles. The summed E-state index contributed by atoms with van der Waals surface area (Å²) < 4.78 is 0. The van der Waals surface area contributed by atoms with E-state index in [1.165, 1.54) is 0 Å². The second-order valence-corrected chi connectivity index (χ2v) is 3.60. The molecule has 2 nitrogen and oxygen atoms in total. The molecular formula is C8H12O2. The minimum Gasteiger partial charge on any atom is -0.382 e. The van der Waals surface area contributed by atoms with E-state index in [-0.39, 0.29) is 5.78 Å². The van der Waals surface area contributed by atoms with Gasteiger partial charge in [0.05, 0.1) is 0 Å². The SMILES string of the molecule is O=C1CCC2CCC1(O)C2. The van der Waals surface area contributed by atoms with Crippen molar-refractivity contribution in [3.63, 3.8) is 0 Å². The van der Waals surface area contributed by atoms with E-state index in [0.29, 0.717) is 12.3 Å². The largest absolute Gasteiger partial charge is 0.382 e. The van der Waals surface area contributed by atoms with E-state index in [4.69, 9.17) is 0 Å². The van der Waals surface area contributed by atoms with E-state index >= 15 is 0 Å². The number of aliphatic hydroxyl groups is 1. The Hall–Kier alpha value is -0.370. The number of hydrogen-bond donors (Lipinski definition) is 1. The number of rotatable bonds is 0. The molecule has 2 atom stereocenters. The summed E-state index contributed by atoms with van der Waals surface area (Å²) in [4.78, 5) is 11.1. The van der Waals surface area contributed by atoms with Gasteiger partial charge < -0.3 is 5.11 Å². The molecule has 0 amide bonds. The predicted octanol–water partition coefficient (Wildman–Crippen LogP) is 0.881. The van der Waals surface area contributed by atoms with E-state index < -0.39 is 5.60 Å². The van der Waals surface area contributed by atoms with Gasteiger partial charge in [-0.2, -0.15) is 0 Å². The summed E-state index contributed by atoms with van der Waals surface area (Å²) in [6, 6.07) is 0. The van der Waals surface area contributed by atoms with Crippen molar-refractivity contribution in [1.29, 1.82) is 0 Å². The van der Waals surface area contributed by atoms with Crippen LogP contribution in [0.1, 0.15) is 32.1 Å². The van der Waals surface area contributed by atoms with Gasteiger partial charge in [-0.05, 0) is 31.6 Å².